The van der Waals surface area contributed by atoms with E-state index in [4.69, 9.17) is 17.3 Å². The van der Waals surface area contributed by atoms with E-state index in [-0.39, 0.29) is 17.9 Å². The van der Waals surface area contributed by atoms with Gasteiger partial charge in [-0.3, -0.25) is 4.79 Å². The molecule has 4 heteroatoms. The number of halogens is 1. The normalized spacial score (nSPS) is 15.8. The van der Waals surface area contributed by atoms with Gasteiger partial charge < -0.3 is 11.1 Å². The molecule has 0 aliphatic heterocycles. The van der Waals surface area contributed by atoms with Crippen LogP contribution >= 0.6 is 11.6 Å². The van der Waals surface area contributed by atoms with E-state index in [9.17, 15) is 4.79 Å². The first-order valence-corrected chi connectivity index (χ1v) is 6.65. The molecule has 0 radical (unpaired) electrons. The zero-order valence-electron chi connectivity index (χ0n) is 11.1. The van der Waals surface area contributed by atoms with Crippen LogP contribution in [0.1, 0.15) is 38.8 Å². The summed E-state index contributed by atoms with van der Waals surface area (Å²) in [5, 5.41) is 3.58. The highest BCUT2D eigenvalue weighted by Gasteiger charge is 2.21. The van der Waals surface area contributed by atoms with Crippen molar-refractivity contribution < 1.29 is 4.79 Å². The maximum Gasteiger partial charge on any atom is 0.237 e. The predicted molar refractivity (Wildman–Crippen MR) is 75.4 cm³/mol. The number of carbonyl (C=O) groups excluding carboxylic acids is 1. The first-order chi connectivity index (χ1) is 8.45. The third kappa shape index (κ3) is 4.00. The number of nitrogens with two attached hydrogens (primary N) is 1. The van der Waals surface area contributed by atoms with Crippen LogP contribution in [0.2, 0.25) is 5.02 Å². The lowest BCUT2D eigenvalue weighted by atomic mass is 9.98. The molecule has 0 spiro atoms. The maximum absolute atomic E-state index is 11.9. The minimum absolute atomic E-state index is 0.0914. The lowest BCUT2D eigenvalue weighted by Crippen LogP contribution is -2.45. The van der Waals surface area contributed by atoms with Crippen molar-refractivity contribution in [3.8, 4) is 0 Å². The van der Waals surface area contributed by atoms with E-state index >= 15 is 0 Å². The first kappa shape index (κ1) is 15.0. The van der Waals surface area contributed by atoms with Crippen LogP contribution in [0.15, 0.2) is 24.3 Å². The van der Waals surface area contributed by atoms with Gasteiger partial charge in [-0.2, -0.15) is 0 Å². The molecule has 0 bridgehead atoms. The Morgan fingerprint density at radius 3 is 2.67 bits per heavy atom. The first-order valence-electron chi connectivity index (χ1n) is 6.27. The second kappa shape index (κ2) is 6.76. The highest BCUT2D eigenvalue weighted by Crippen LogP contribution is 2.17. The fourth-order valence-corrected chi connectivity index (χ4v) is 1.88. The van der Waals surface area contributed by atoms with Crippen LogP contribution in [0.5, 0.6) is 0 Å². The van der Waals surface area contributed by atoms with Crippen LogP contribution in [0, 0.1) is 5.92 Å². The van der Waals surface area contributed by atoms with Crippen molar-refractivity contribution in [3.63, 3.8) is 0 Å². The van der Waals surface area contributed by atoms with Crippen LogP contribution in [-0.2, 0) is 4.79 Å². The summed E-state index contributed by atoms with van der Waals surface area (Å²) in [5.74, 6) is 0.0633. The molecule has 0 saturated carbocycles. The number of hydrogen-bond acceptors (Lipinski definition) is 2. The standard InChI is InChI=1S/C14H21ClN2O/c1-4-9(2)13(16)14(18)17-10(3)11-6-5-7-12(15)8-11/h5-10,13H,4,16H2,1-3H3,(H,17,18)/t9?,10?,13-/m0/s1. The second-order valence-electron chi connectivity index (χ2n) is 4.70. The molecule has 0 heterocycles. The van der Waals surface area contributed by atoms with Crippen molar-refractivity contribution in [2.24, 2.45) is 11.7 Å². The minimum Gasteiger partial charge on any atom is -0.348 e. The van der Waals surface area contributed by atoms with E-state index < -0.39 is 6.04 Å². The molecular formula is C14H21ClN2O. The summed E-state index contributed by atoms with van der Waals surface area (Å²) >= 11 is 5.92. The summed E-state index contributed by atoms with van der Waals surface area (Å²) in [5.41, 5.74) is 6.87. The van der Waals surface area contributed by atoms with Gasteiger partial charge >= 0.3 is 0 Å². The summed E-state index contributed by atoms with van der Waals surface area (Å²) in [7, 11) is 0. The largest absolute Gasteiger partial charge is 0.348 e. The summed E-state index contributed by atoms with van der Waals surface area (Å²) in [4.78, 5) is 11.9. The van der Waals surface area contributed by atoms with Crippen LogP contribution in [0.4, 0.5) is 0 Å². The number of amides is 1. The molecule has 3 N–H and O–H groups in total. The molecule has 18 heavy (non-hydrogen) atoms. The SMILES string of the molecule is CCC(C)[C@H](N)C(=O)NC(C)c1cccc(Cl)c1. The Labute approximate surface area is 114 Å². The van der Waals surface area contributed by atoms with E-state index in [0.29, 0.717) is 5.02 Å². The van der Waals surface area contributed by atoms with Gasteiger partial charge in [-0.05, 0) is 30.5 Å². The molecule has 3 nitrogen and oxygen atoms in total. The molecule has 0 saturated heterocycles. The number of benzene rings is 1. The van der Waals surface area contributed by atoms with E-state index in [1.165, 1.54) is 0 Å². The van der Waals surface area contributed by atoms with Gasteiger partial charge in [0, 0.05) is 5.02 Å². The molecule has 0 fully saturated rings. The third-order valence-electron chi connectivity index (χ3n) is 3.27. The van der Waals surface area contributed by atoms with Crippen molar-refractivity contribution in [1.29, 1.82) is 0 Å². The fraction of sp³-hybridized carbons (Fsp3) is 0.500. The summed E-state index contributed by atoms with van der Waals surface area (Å²) < 4.78 is 0. The molecule has 0 aromatic heterocycles. The topological polar surface area (TPSA) is 55.1 Å². The van der Waals surface area contributed by atoms with Crippen molar-refractivity contribution in [2.45, 2.75) is 39.3 Å². The van der Waals surface area contributed by atoms with Gasteiger partial charge in [0.05, 0.1) is 12.1 Å². The zero-order valence-corrected chi connectivity index (χ0v) is 11.9. The van der Waals surface area contributed by atoms with E-state index in [0.717, 1.165) is 12.0 Å². The Bertz CT molecular complexity index is 409. The Hall–Kier alpha value is -1.06. The smallest absolute Gasteiger partial charge is 0.237 e. The monoisotopic (exact) mass is 268 g/mol. The summed E-state index contributed by atoms with van der Waals surface area (Å²) in [6.07, 6.45) is 0.889. The number of hydrogen-bond donors (Lipinski definition) is 2. The Balaban J connectivity index is 2.65. The van der Waals surface area contributed by atoms with E-state index in [1.54, 1.807) is 0 Å². The lowest BCUT2D eigenvalue weighted by molar-refractivity contribution is -0.124. The van der Waals surface area contributed by atoms with Crippen LogP contribution < -0.4 is 11.1 Å². The molecule has 0 aliphatic rings. The molecule has 0 aliphatic carbocycles. The van der Waals surface area contributed by atoms with Crippen molar-refractivity contribution in [3.05, 3.63) is 34.9 Å². The molecular weight excluding hydrogens is 248 g/mol. The van der Waals surface area contributed by atoms with Crippen molar-refractivity contribution in [1.82, 2.24) is 5.32 Å². The maximum atomic E-state index is 11.9. The average molecular weight is 269 g/mol. The highest BCUT2D eigenvalue weighted by atomic mass is 35.5. The van der Waals surface area contributed by atoms with Gasteiger partial charge in [0.25, 0.3) is 0 Å². The van der Waals surface area contributed by atoms with Gasteiger partial charge in [0.2, 0.25) is 5.91 Å². The van der Waals surface area contributed by atoms with Crippen LogP contribution in [0.25, 0.3) is 0 Å². The molecule has 1 aromatic carbocycles. The Kier molecular flexibility index (Phi) is 5.63. The quantitative estimate of drug-likeness (QED) is 0.863. The van der Waals surface area contributed by atoms with Crippen molar-refractivity contribution in [2.75, 3.05) is 0 Å². The van der Waals surface area contributed by atoms with Gasteiger partial charge in [0.15, 0.2) is 0 Å². The lowest BCUT2D eigenvalue weighted by Gasteiger charge is -2.21. The van der Waals surface area contributed by atoms with Crippen LogP contribution in [-0.4, -0.2) is 11.9 Å². The minimum atomic E-state index is -0.461. The fourth-order valence-electron chi connectivity index (χ4n) is 1.68. The molecule has 1 amide bonds. The third-order valence-corrected chi connectivity index (χ3v) is 3.50. The zero-order chi connectivity index (χ0) is 13.7. The molecule has 100 valence electrons. The average Bonchev–Trinajstić information content (AvgIpc) is 2.36. The summed E-state index contributed by atoms with van der Waals surface area (Å²) in [6, 6.07) is 6.91. The van der Waals surface area contributed by atoms with Gasteiger partial charge in [-0.1, -0.05) is 44.0 Å². The summed E-state index contributed by atoms with van der Waals surface area (Å²) in [6.45, 7) is 5.93. The second-order valence-corrected chi connectivity index (χ2v) is 5.13. The molecule has 2 unspecified atom stereocenters. The molecule has 1 rings (SSSR count). The Morgan fingerprint density at radius 2 is 2.11 bits per heavy atom. The number of rotatable bonds is 5. The highest BCUT2D eigenvalue weighted by molar-refractivity contribution is 6.30. The molecule has 1 aromatic rings. The van der Waals surface area contributed by atoms with Gasteiger partial charge in [-0.25, -0.2) is 0 Å². The predicted octanol–water partition coefficient (Wildman–Crippen LogP) is 2.89. The van der Waals surface area contributed by atoms with Gasteiger partial charge in [-0.15, -0.1) is 0 Å². The van der Waals surface area contributed by atoms with Gasteiger partial charge in [0.1, 0.15) is 0 Å². The Morgan fingerprint density at radius 1 is 1.44 bits per heavy atom. The molecule has 3 atom stereocenters. The van der Waals surface area contributed by atoms with E-state index in [1.807, 2.05) is 45.0 Å². The van der Waals surface area contributed by atoms with Crippen LogP contribution in [0.3, 0.4) is 0 Å². The number of carbonyl (C=O) groups is 1. The van der Waals surface area contributed by atoms with Crippen molar-refractivity contribution >= 4 is 17.5 Å². The number of nitrogens with one attached hydrogen (secondary N) is 1. The van der Waals surface area contributed by atoms with E-state index in [2.05, 4.69) is 5.32 Å².